The van der Waals surface area contributed by atoms with Crippen molar-refractivity contribution in [2.75, 3.05) is 5.73 Å². The van der Waals surface area contributed by atoms with Crippen molar-refractivity contribution >= 4 is 27.8 Å². The smallest absolute Gasteiger partial charge is 0.197 e. The van der Waals surface area contributed by atoms with Crippen LogP contribution in [-0.4, -0.2) is 15.0 Å². The predicted molar refractivity (Wildman–Crippen MR) is 55.8 cm³/mol. The van der Waals surface area contributed by atoms with E-state index >= 15 is 0 Å². The first-order valence-corrected chi connectivity index (χ1v) is 4.32. The number of benzene rings is 1. The van der Waals surface area contributed by atoms with Gasteiger partial charge in [0, 0.05) is 23.2 Å². The topological polar surface area (TPSA) is 67.6 Å². The molecule has 3 aromatic rings. The molecule has 14 heavy (non-hydrogen) atoms. The lowest BCUT2D eigenvalue weighted by Crippen LogP contribution is -1.93. The Kier molecular flexibility index (Phi) is 1.28. The minimum Gasteiger partial charge on any atom is -0.369 e. The van der Waals surface area contributed by atoms with Crippen LogP contribution in [0.1, 0.15) is 0 Å². The quantitative estimate of drug-likeness (QED) is 0.558. The molecule has 3 N–H and O–H groups in total. The van der Waals surface area contributed by atoms with Gasteiger partial charge in [-0.3, -0.25) is 4.98 Å². The zero-order chi connectivity index (χ0) is 9.54. The molecule has 0 bridgehead atoms. The van der Waals surface area contributed by atoms with E-state index in [2.05, 4.69) is 15.0 Å². The predicted octanol–water partition coefficient (Wildman–Crippen LogP) is 1.69. The van der Waals surface area contributed by atoms with Crippen molar-refractivity contribution in [3.05, 3.63) is 30.6 Å². The third kappa shape index (κ3) is 0.877. The van der Waals surface area contributed by atoms with Gasteiger partial charge in [-0.1, -0.05) is 0 Å². The standard InChI is InChI=1S/C10H8N4/c11-10-13-5-7-6-3-4-12-8(6)1-2-9(7)14-10/h1-5H,(H3,11,13,14). The summed E-state index contributed by atoms with van der Waals surface area (Å²) in [5, 5.41) is 2.15. The maximum absolute atomic E-state index is 5.56. The van der Waals surface area contributed by atoms with Gasteiger partial charge in [-0.25, -0.2) is 4.98 Å². The Morgan fingerprint density at radius 2 is 2.00 bits per heavy atom. The number of nitrogens with two attached hydrogens (primary N) is 1. The number of nitrogens with one attached hydrogen (secondary N) is 1. The first-order valence-electron chi connectivity index (χ1n) is 4.32. The lowest BCUT2D eigenvalue weighted by molar-refractivity contribution is 1.24. The molecule has 0 saturated heterocycles. The first-order chi connectivity index (χ1) is 6.84. The molecule has 0 amide bonds. The normalized spacial score (nSPS) is 11.1. The van der Waals surface area contributed by atoms with Gasteiger partial charge < -0.3 is 10.7 Å². The lowest BCUT2D eigenvalue weighted by Gasteiger charge is -2.00. The third-order valence-electron chi connectivity index (χ3n) is 2.31. The van der Waals surface area contributed by atoms with E-state index in [1.54, 1.807) is 12.4 Å². The van der Waals surface area contributed by atoms with Crippen LogP contribution < -0.4 is 5.73 Å². The highest BCUT2D eigenvalue weighted by Crippen LogP contribution is 2.22. The second-order valence-electron chi connectivity index (χ2n) is 3.17. The maximum Gasteiger partial charge on any atom is 0.197 e. The first kappa shape index (κ1) is 7.32. The molecule has 4 nitrogen and oxygen atoms in total. The number of fused-ring (bicyclic) bond motifs is 3. The number of hydrogen-bond donors (Lipinski definition) is 2. The fraction of sp³-hybridized carbons (Fsp3) is 0. The van der Waals surface area contributed by atoms with Crippen LogP contribution in [0.5, 0.6) is 0 Å². The highest BCUT2D eigenvalue weighted by Gasteiger charge is 2.02. The zero-order valence-corrected chi connectivity index (χ0v) is 7.36. The number of rotatable bonds is 0. The number of nitrogen functional groups attached to an aromatic ring is 1. The molecule has 0 radical (unpaired) electrons. The molecule has 0 atom stereocenters. The molecule has 68 valence electrons. The average molecular weight is 184 g/mol. The molecular formula is C10H8N4. The highest BCUT2D eigenvalue weighted by molar-refractivity contribution is 6.04. The van der Waals surface area contributed by atoms with E-state index in [1.807, 2.05) is 18.2 Å². The van der Waals surface area contributed by atoms with E-state index in [1.165, 1.54) is 0 Å². The Morgan fingerprint density at radius 1 is 1.07 bits per heavy atom. The lowest BCUT2D eigenvalue weighted by atomic mass is 10.1. The molecule has 3 rings (SSSR count). The summed E-state index contributed by atoms with van der Waals surface area (Å²) in [5.41, 5.74) is 7.53. The molecule has 0 aliphatic rings. The van der Waals surface area contributed by atoms with Crippen LogP contribution in [-0.2, 0) is 0 Å². The van der Waals surface area contributed by atoms with Crippen molar-refractivity contribution < 1.29 is 0 Å². The Labute approximate surface area is 79.8 Å². The Morgan fingerprint density at radius 3 is 2.93 bits per heavy atom. The van der Waals surface area contributed by atoms with Crippen LogP contribution in [0.2, 0.25) is 0 Å². The molecule has 0 fully saturated rings. The second-order valence-corrected chi connectivity index (χ2v) is 3.17. The molecule has 0 unspecified atom stereocenters. The number of nitrogens with zero attached hydrogens (tertiary/aromatic N) is 2. The molecule has 2 heterocycles. The Hall–Kier alpha value is -2.10. The van der Waals surface area contributed by atoms with E-state index < -0.39 is 0 Å². The van der Waals surface area contributed by atoms with Crippen molar-refractivity contribution in [3.8, 4) is 0 Å². The number of aromatic amines is 1. The van der Waals surface area contributed by atoms with E-state index in [-0.39, 0.29) is 0 Å². The summed E-state index contributed by atoms with van der Waals surface area (Å²) >= 11 is 0. The van der Waals surface area contributed by atoms with E-state index in [4.69, 9.17) is 5.73 Å². The minimum absolute atomic E-state index is 0.427. The fourth-order valence-electron chi connectivity index (χ4n) is 1.66. The summed E-state index contributed by atoms with van der Waals surface area (Å²) in [5.74, 6) is 0.427. The van der Waals surface area contributed by atoms with Gasteiger partial charge in [-0.2, -0.15) is 0 Å². The van der Waals surface area contributed by atoms with Gasteiger partial charge in [-0.05, 0) is 18.2 Å². The SMILES string of the molecule is Nc1ncc2c(ccc3nccc32)[nH]1. The number of aromatic nitrogens is 3. The van der Waals surface area contributed by atoms with Gasteiger partial charge in [0.2, 0.25) is 0 Å². The average Bonchev–Trinajstić information content (AvgIpc) is 2.65. The largest absolute Gasteiger partial charge is 0.369 e. The molecule has 0 aliphatic carbocycles. The van der Waals surface area contributed by atoms with Crippen LogP contribution in [0.4, 0.5) is 5.95 Å². The van der Waals surface area contributed by atoms with Gasteiger partial charge in [0.1, 0.15) is 0 Å². The molecule has 2 aromatic heterocycles. The molecule has 0 spiro atoms. The zero-order valence-electron chi connectivity index (χ0n) is 7.36. The van der Waals surface area contributed by atoms with Gasteiger partial charge in [-0.15, -0.1) is 0 Å². The maximum atomic E-state index is 5.56. The summed E-state index contributed by atoms with van der Waals surface area (Å²) < 4.78 is 0. The summed E-state index contributed by atoms with van der Waals surface area (Å²) in [7, 11) is 0. The molecule has 4 heteroatoms. The second kappa shape index (κ2) is 2.45. The van der Waals surface area contributed by atoms with E-state index in [9.17, 15) is 0 Å². The van der Waals surface area contributed by atoms with Crippen molar-refractivity contribution in [2.24, 2.45) is 0 Å². The molecule has 0 aliphatic heterocycles. The highest BCUT2D eigenvalue weighted by atomic mass is 15.0. The van der Waals surface area contributed by atoms with Crippen molar-refractivity contribution in [1.29, 1.82) is 0 Å². The third-order valence-corrected chi connectivity index (χ3v) is 2.31. The number of anilines is 1. The summed E-state index contributed by atoms with van der Waals surface area (Å²) in [6.45, 7) is 0. The van der Waals surface area contributed by atoms with Crippen LogP contribution in [0, 0.1) is 0 Å². The summed E-state index contributed by atoms with van der Waals surface area (Å²) in [4.78, 5) is 11.3. The Bertz CT molecular complexity index is 612. The van der Waals surface area contributed by atoms with Gasteiger partial charge in [0.25, 0.3) is 0 Å². The number of hydrogen-bond acceptors (Lipinski definition) is 3. The van der Waals surface area contributed by atoms with Crippen molar-refractivity contribution in [3.63, 3.8) is 0 Å². The van der Waals surface area contributed by atoms with Gasteiger partial charge >= 0.3 is 0 Å². The van der Waals surface area contributed by atoms with E-state index in [0.29, 0.717) is 5.95 Å². The van der Waals surface area contributed by atoms with Gasteiger partial charge in [0.15, 0.2) is 5.95 Å². The fourth-order valence-corrected chi connectivity index (χ4v) is 1.66. The van der Waals surface area contributed by atoms with Crippen LogP contribution in [0.3, 0.4) is 0 Å². The minimum atomic E-state index is 0.427. The van der Waals surface area contributed by atoms with Crippen molar-refractivity contribution in [2.45, 2.75) is 0 Å². The molecular weight excluding hydrogens is 176 g/mol. The summed E-state index contributed by atoms with van der Waals surface area (Å²) in [6.07, 6.45) is 3.56. The van der Waals surface area contributed by atoms with Gasteiger partial charge in [0.05, 0.1) is 11.0 Å². The summed E-state index contributed by atoms with van der Waals surface area (Å²) in [6, 6.07) is 5.90. The van der Waals surface area contributed by atoms with Crippen LogP contribution >= 0.6 is 0 Å². The molecule has 1 aromatic carbocycles. The van der Waals surface area contributed by atoms with Crippen molar-refractivity contribution in [1.82, 2.24) is 15.0 Å². The van der Waals surface area contributed by atoms with Crippen LogP contribution in [0.15, 0.2) is 30.6 Å². The monoisotopic (exact) mass is 184 g/mol. The van der Waals surface area contributed by atoms with Crippen LogP contribution in [0.25, 0.3) is 21.8 Å². The van der Waals surface area contributed by atoms with E-state index in [0.717, 1.165) is 21.8 Å². The number of H-pyrrole nitrogens is 1. The Balaban J connectivity index is 2.57. The molecule has 0 saturated carbocycles.